The Kier molecular flexibility index (Phi) is 4.34. The summed E-state index contributed by atoms with van der Waals surface area (Å²) in [6.07, 6.45) is 3.98. The Morgan fingerprint density at radius 2 is 2.10 bits per heavy atom. The van der Waals surface area contributed by atoms with E-state index in [2.05, 4.69) is 9.80 Å². The Morgan fingerprint density at radius 1 is 1.20 bits per heavy atom. The van der Waals surface area contributed by atoms with Gasteiger partial charge in [0.05, 0.1) is 0 Å². The quantitative estimate of drug-likeness (QED) is 0.916. The standard InChI is InChI=1S/C16H24FN3/c17-16-9-13(10-18)4-5-14(16)11-19-7-8-20-6-2-1-3-15(20)12-19/h4-5,9,15H,1-3,6-8,10-12,18H2. The van der Waals surface area contributed by atoms with Gasteiger partial charge in [-0.25, -0.2) is 4.39 Å². The highest BCUT2D eigenvalue weighted by atomic mass is 19.1. The predicted molar refractivity (Wildman–Crippen MR) is 78.8 cm³/mol. The van der Waals surface area contributed by atoms with E-state index in [4.69, 9.17) is 5.73 Å². The Hall–Kier alpha value is -0.970. The van der Waals surface area contributed by atoms with Gasteiger partial charge in [-0.2, -0.15) is 0 Å². The zero-order valence-corrected chi connectivity index (χ0v) is 12.0. The molecule has 1 aromatic rings. The molecule has 110 valence electrons. The van der Waals surface area contributed by atoms with Crippen molar-refractivity contribution in [1.29, 1.82) is 0 Å². The highest BCUT2D eigenvalue weighted by Crippen LogP contribution is 2.22. The number of nitrogens with zero attached hydrogens (tertiary/aromatic N) is 2. The van der Waals surface area contributed by atoms with Crippen LogP contribution in [0, 0.1) is 5.82 Å². The van der Waals surface area contributed by atoms with E-state index in [9.17, 15) is 4.39 Å². The minimum Gasteiger partial charge on any atom is -0.326 e. The lowest BCUT2D eigenvalue weighted by Gasteiger charge is -2.44. The van der Waals surface area contributed by atoms with Crippen LogP contribution in [0.3, 0.4) is 0 Å². The van der Waals surface area contributed by atoms with E-state index in [1.807, 2.05) is 12.1 Å². The van der Waals surface area contributed by atoms with Gasteiger partial charge >= 0.3 is 0 Å². The van der Waals surface area contributed by atoms with E-state index < -0.39 is 0 Å². The van der Waals surface area contributed by atoms with Crippen molar-refractivity contribution in [3.63, 3.8) is 0 Å². The number of hydrogen-bond donors (Lipinski definition) is 1. The molecule has 0 saturated carbocycles. The summed E-state index contributed by atoms with van der Waals surface area (Å²) in [6.45, 7) is 5.64. The lowest BCUT2D eigenvalue weighted by molar-refractivity contribution is 0.0452. The molecule has 2 aliphatic heterocycles. The van der Waals surface area contributed by atoms with Crippen LogP contribution in [0.5, 0.6) is 0 Å². The van der Waals surface area contributed by atoms with Gasteiger partial charge in [0.2, 0.25) is 0 Å². The van der Waals surface area contributed by atoms with Crippen molar-refractivity contribution in [1.82, 2.24) is 9.80 Å². The summed E-state index contributed by atoms with van der Waals surface area (Å²) >= 11 is 0. The molecule has 3 rings (SSSR count). The molecule has 0 aromatic heterocycles. The number of halogens is 1. The first kappa shape index (κ1) is 14.0. The minimum atomic E-state index is -0.112. The van der Waals surface area contributed by atoms with Crippen LogP contribution in [0.2, 0.25) is 0 Å². The zero-order valence-electron chi connectivity index (χ0n) is 12.0. The second-order valence-corrected chi connectivity index (χ2v) is 6.05. The molecule has 2 N–H and O–H groups in total. The van der Waals surface area contributed by atoms with Crippen LogP contribution in [-0.2, 0) is 13.1 Å². The molecule has 1 atom stereocenters. The van der Waals surface area contributed by atoms with Crippen LogP contribution in [0.4, 0.5) is 4.39 Å². The van der Waals surface area contributed by atoms with E-state index in [1.54, 1.807) is 6.07 Å². The first-order chi connectivity index (χ1) is 9.76. The first-order valence-corrected chi connectivity index (χ1v) is 7.70. The predicted octanol–water partition coefficient (Wildman–Crippen LogP) is 1.95. The molecule has 3 nitrogen and oxygen atoms in total. The van der Waals surface area contributed by atoms with Crippen molar-refractivity contribution < 1.29 is 4.39 Å². The largest absolute Gasteiger partial charge is 0.326 e. The Labute approximate surface area is 120 Å². The molecular formula is C16H24FN3. The summed E-state index contributed by atoms with van der Waals surface area (Å²) in [5.74, 6) is -0.112. The molecule has 0 radical (unpaired) electrons. The molecule has 0 spiro atoms. The molecule has 2 fully saturated rings. The molecule has 20 heavy (non-hydrogen) atoms. The van der Waals surface area contributed by atoms with Gasteiger partial charge in [-0.15, -0.1) is 0 Å². The fourth-order valence-corrected chi connectivity index (χ4v) is 3.45. The van der Waals surface area contributed by atoms with E-state index in [0.29, 0.717) is 12.6 Å². The Bertz CT molecular complexity index is 463. The Balaban J connectivity index is 1.63. The SMILES string of the molecule is NCc1ccc(CN2CCN3CCCCC3C2)c(F)c1. The van der Waals surface area contributed by atoms with Crippen LogP contribution < -0.4 is 5.73 Å². The number of hydrogen-bond acceptors (Lipinski definition) is 3. The number of nitrogens with two attached hydrogens (primary N) is 1. The van der Waals surface area contributed by atoms with Crippen molar-refractivity contribution in [2.75, 3.05) is 26.2 Å². The summed E-state index contributed by atoms with van der Waals surface area (Å²) < 4.78 is 14.0. The van der Waals surface area contributed by atoms with Gasteiger partial charge in [0.25, 0.3) is 0 Å². The van der Waals surface area contributed by atoms with Gasteiger partial charge in [0.15, 0.2) is 0 Å². The van der Waals surface area contributed by atoms with Gasteiger partial charge in [0, 0.05) is 44.3 Å². The molecule has 0 amide bonds. The van der Waals surface area contributed by atoms with Crippen molar-refractivity contribution in [3.05, 3.63) is 35.1 Å². The number of benzene rings is 1. The van der Waals surface area contributed by atoms with Gasteiger partial charge < -0.3 is 5.73 Å². The molecule has 1 unspecified atom stereocenters. The lowest BCUT2D eigenvalue weighted by Crippen LogP contribution is -2.54. The van der Waals surface area contributed by atoms with Crippen LogP contribution in [-0.4, -0.2) is 42.0 Å². The lowest BCUT2D eigenvalue weighted by atomic mass is 9.99. The summed E-state index contributed by atoms with van der Waals surface area (Å²) in [5.41, 5.74) is 7.21. The maximum atomic E-state index is 14.0. The smallest absolute Gasteiger partial charge is 0.128 e. The van der Waals surface area contributed by atoms with Gasteiger partial charge in [-0.3, -0.25) is 9.80 Å². The summed E-state index contributed by atoms with van der Waals surface area (Å²) in [4.78, 5) is 5.00. The van der Waals surface area contributed by atoms with Crippen LogP contribution in [0.25, 0.3) is 0 Å². The average molecular weight is 277 g/mol. The molecule has 2 saturated heterocycles. The maximum absolute atomic E-state index is 14.0. The van der Waals surface area contributed by atoms with Gasteiger partial charge in [-0.05, 0) is 31.0 Å². The molecule has 4 heteroatoms. The van der Waals surface area contributed by atoms with Crippen LogP contribution in [0.15, 0.2) is 18.2 Å². The summed E-state index contributed by atoms with van der Waals surface area (Å²) in [7, 11) is 0. The molecule has 1 aromatic carbocycles. The van der Waals surface area contributed by atoms with Crippen molar-refractivity contribution in [3.8, 4) is 0 Å². The normalized spacial score (nSPS) is 24.6. The van der Waals surface area contributed by atoms with Crippen molar-refractivity contribution >= 4 is 0 Å². The second kappa shape index (κ2) is 6.20. The highest BCUT2D eigenvalue weighted by Gasteiger charge is 2.28. The number of piperazine rings is 1. The fraction of sp³-hybridized carbons (Fsp3) is 0.625. The first-order valence-electron chi connectivity index (χ1n) is 7.70. The third-order valence-electron chi connectivity index (χ3n) is 4.67. The summed E-state index contributed by atoms with van der Waals surface area (Å²) in [5, 5.41) is 0. The van der Waals surface area contributed by atoms with Crippen molar-refractivity contribution in [2.45, 2.75) is 38.4 Å². The van der Waals surface area contributed by atoms with Crippen molar-refractivity contribution in [2.24, 2.45) is 5.73 Å². The van der Waals surface area contributed by atoms with Gasteiger partial charge in [0.1, 0.15) is 5.82 Å². The molecule has 0 aliphatic carbocycles. The number of piperidine rings is 1. The minimum absolute atomic E-state index is 0.112. The number of rotatable bonds is 3. The van der Waals surface area contributed by atoms with E-state index >= 15 is 0 Å². The van der Waals surface area contributed by atoms with E-state index in [0.717, 1.165) is 37.3 Å². The molecule has 2 heterocycles. The third kappa shape index (κ3) is 3.03. The summed E-state index contributed by atoms with van der Waals surface area (Å²) in [6, 6.07) is 6.09. The number of fused-ring (bicyclic) bond motifs is 1. The van der Waals surface area contributed by atoms with Gasteiger partial charge in [-0.1, -0.05) is 18.6 Å². The topological polar surface area (TPSA) is 32.5 Å². The Morgan fingerprint density at radius 3 is 2.90 bits per heavy atom. The highest BCUT2D eigenvalue weighted by molar-refractivity contribution is 5.24. The third-order valence-corrected chi connectivity index (χ3v) is 4.67. The fourth-order valence-electron chi connectivity index (χ4n) is 3.45. The zero-order chi connectivity index (χ0) is 13.9. The molecular weight excluding hydrogens is 253 g/mol. The average Bonchev–Trinajstić information content (AvgIpc) is 2.49. The second-order valence-electron chi connectivity index (χ2n) is 6.05. The van der Waals surface area contributed by atoms with Crippen LogP contribution >= 0.6 is 0 Å². The molecule has 0 bridgehead atoms. The van der Waals surface area contributed by atoms with Crippen LogP contribution in [0.1, 0.15) is 30.4 Å². The maximum Gasteiger partial charge on any atom is 0.128 e. The van der Waals surface area contributed by atoms with E-state index in [1.165, 1.54) is 25.8 Å². The monoisotopic (exact) mass is 277 g/mol. The van der Waals surface area contributed by atoms with E-state index in [-0.39, 0.29) is 5.82 Å². The molecule has 2 aliphatic rings.